The van der Waals surface area contributed by atoms with Crippen molar-refractivity contribution in [3.8, 4) is 0 Å². The minimum Gasteiger partial charge on any atom is -0.462 e. The number of nitrogens with one attached hydrogen (secondary N) is 1. The van der Waals surface area contributed by atoms with Gasteiger partial charge in [-0.1, -0.05) is 24.3 Å². The third kappa shape index (κ3) is 3.78. The zero-order valence-electron chi connectivity index (χ0n) is 11.5. The van der Waals surface area contributed by atoms with Gasteiger partial charge in [0, 0.05) is 6.54 Å². The molecule has 0 saturated carbocycles. The highest BCUT2D eigenvalue weighted by Gasteiger charge is 2.26. The van der Waals surface area contributed by atoms with Crippen LogP contribution in [0.5, 0.6) is 0 Å². The quantitative estimate of drug-likeness (QED) is 0.650. The van der Waals surface area contributed by atoms with Crippen LogP contribution in [-0.2, 0) is 20.7 Å². The second-order valence-corrected chi connectivity index (χ2v) is 4.92. The molecule has 4 heteroatoms. The summed E-state index contributed by atoms with van der Waals surface area (Å²) in [4.78, 5) is 12.1. The van der Waals surface area contributed by atoms with Gasteiger partial charge in [0.25, 0.3) is 0 Å². The van der Waals surface area contributed by atoms with Gasteiger partial charge >= 0.3 is 5.97 Å². The van der Waals surface area contributed by atoms with Crippen molar-refractivity contribution in [2.45, 2.75) is 32.4 Å². The maximum Gasteiger partial charge on any atom is 0.327 e. The van der Waals surface area contributed by atoms with Crippen molar-refractivity contribution < 1.29 is 14.3 Å². The highest BCUT2D eigenvalue weighted by molar-refractivity contribution is 5.78. The van der Waals surface area contributed by atoms with Gasteiger partial charge in [0.15, 0.2) is 0 Å². The molecule has 0 amide bonds. The second-order valence-electron chi connectivity index (χ2n) is 4.92. The Bertz CT molecular complexity index is 431. The molecule has 0 aromatic heterocycles. The normalized spacial score (nSPS) is 18.2. The summed E-state index contributed by atoms with van der Waals surface area (Å²) in [6.45, 7) is 5.47. The fourth-order valence-corrected chi connectivity index (χ4v) is 2.22. The minimum absolute atomic E-state index is 0.159. The van der Waals surface area contributed by atoms with E-state index in [2.05, 4.69) is 11.4 Å². The lowest BCUT2D eigenvalue weighted by Crippen LogP contribution is -2.36. The molecule has 0 bridgehead atoms. The van der Waals surface area contributed by atoms with Gasteiger partial charge in [-0.25, -0.2) is 4.79 Å². The van der Waals surface area contributed by atoms with E-state index in [0.29, 0.717) is 13.2 Å². The molecule has 0 saturated heterocycles. The number of carbonyl (C=O) groups is 1. The lowest BCUT2D eigenvalue weighted by atomic mass is 9.94. The average molecular weight is 263 g/mol. The zero-order valence-corrected chi connectivity index (χ0v) is 11.5. The van der Waals surface area contributed by atoms with E-state index < -0.39 is 0 Å². The molecule has 1 aromatic carbocycles. The number of carbonyl (C=O) groups excluding carboxylic acids is 1. The van der Waals surface area contributed by atoms with Crippen molar-refractivity contribution in [3.63, 3.8) is 0 Å². The fourth-order valence-electron chi connectivity index (χ4n) is 2.22. The molecule has 1 N–H and O–H groups in total. The first kappa shape index (κ1) is 14.0. The number of benzene rings is 1. The minimum atomic E-state index is -0.344. The summed E-state index contributed by atoms with van der Waals surface area (Å²) in [6.07, 6.45) is 1.11. The van der Waals surface area contributed by atoms with Crippen LogP contribution in [-0.4, -0.2) is 31.8 Å². The molecule has 0 fully saturated rings. The highest BCUT2D eigenvalue weighted by Crippen LogP contribution is 2.23. The van der Waals surface area contributed by atoms with E-state index in [4.69, 9.17) is 9.47 Å². The lowest BCUT2D eigenvalue weighted by Gasteiger charge is -2.25. The SMILES string of the molecule is CC(C)OCCOC(=O)C1NCCc2ccccc21. The van der Waals surface area contributed by atoms with Crippen LogP contribution in [0.4, 0.5) is 0 Å². The fraction of sp³-hybridized carbons (Fsp3) is 0.533. The number of hydrogen-bond acceptors (Lipinski definition) is 4. The van der Waals surface area contributed by atoms with Gasteiger partial charge in [-0.05, 0) is 31.4 Å². The van der Waals surface area contributed by atoms with E-state index in [0.717, 1.165) is 18.5 Å². The Kier molecular flexibility index (Phi) is 4.93. The van der Waals surface area contributed by atoms with Crippen LogP contribution < -0.4 is 5.32 Å². The van der Waals surface area contributed by atoms with Gasteiger partial charge in [0.1, 0.15) is 12.6 Å². The molecule has 1 aliphatic heterocycles. The second kappa shape index (κ2) is 6.68. The Labute approximate surface area is 114 Å². The molecule has 1 aliphatic rings. The molecule has 19 heavy (non-hydrogen) atoms. The Morgan fingerprint density at radius 2 is 2.16 bits per heavy atom. The summed E-state index contributed by atoms with van der Waals surface area (Å²) in [5.74, 6) is -0.223. The molecule has 2 rings (SSSR count). The Morgan fingerprint density at radius 1 is 1.37 bits per heavy atom. The molecule has 0 spiro atoms. The number of ether oxygens (including phenoxy) is 2. The monoisotopic (exact) mass is 263 g/mol. The van der Waals surface area contributed by atoms with Gasteiger partial charge in [-0.2, -0.15) is 0 Å². The Balaban J connectivity index is 1.90. The molecule has 1 heterocycles. The van der Waals surface area contributed by atoms with Crippen molar-refractivity contribution in [2.24, 2.45) is 0 Å². The maximum absolute atomic E-state index is 12.1. The van der Waals surface area contributed by atoms with E-state index in [1.54, 1.807) is 0 Å². The Morgan fingerprint density at radius 3 is 2.95 bits per heavy atom. The number of fused-ring (bicyclic) bond motifs is 1. The number of esters is 1. The van der Waals surface area contributed by atoms with E-state index >= 15 is 0 Å². The molecule has 0 aliphatic carbocycles. The molecule has 0 radical (unpaired) electrons. The maximum atomic E-state index is 12.1. The van der Waals surface area contributed by atoms with Crippen molar-refractivity contribution in [1.82, 2.24) is 5.32 Å². The lowest BCUT2D eigenvalue weighted by molar-refractivity contribution is -0.148. The molecular weight excluding hydrogens is 242 g/mol. The van der Waals surface area contributed by atoms with Crippen molar-refractivity contribution >= 4 is 5.97 Å². The molecule has 4 nitrogen and oxygen atoms in total. The smallest absolute Gasteiger partial charge is 0.327 e. The zero-order chi connectivity index (χ0) is 13.7. The molecule has 1 atom stereocenters. The summed E-state index contributed by atoms with van der Waals surface area (Å²) >= 11 is 0. The molecule has 1 aromatic rings. The molecule has 1 unspecified atom stereocenters. The largest absolute Gasteiger partial charge is 0.462 e. The number of hydrogen-bond donors (Lipinski definition) is 1. The Hall–Kier alpha value is -1.39. The van der Waals surface area contributed by atoms with Gasteiger partial charge in [0.05, 0.1) is 12.7 Å². The molecule has 104 valence electrons. The summed E-state index contributed by atoms with van der Waals surface area (Å²) in [5.41, 5.74) is 2.25. The summed E-state index contributed by atoms with van der Waals surface area (Å²) in [5, 5.41) is 3.21. The predicted molar refractivity (Wildman–Crippen MR) is 72.9 cm³/mol. The average Bonchev–Trinajstić information content (AvgIpc) is 2.42. The standard InChI is InChI=1S/C15H21NO3/c1-11(2)18-9-10-19-15(17)14-13-6-4-3-5-12(13)7-8-16-14/h3-6,11,14,16H,7-10H2,1-2H3. The van der Waals surface area contributed by atoms with Crippen molar-refractivity contribution in [3.05, 3.63) is 35.4 Å². The summed E-state index contributed by atoms with van der Waals surface area (Å²) < 4.78 is 10.6. The first-order valence-electron chi connectivity index (χ1n) is 6.78. The van der Waals surface area contributed by atoms with Crippen molar-refractivity contribution in [1.29, 1.82) is 0 Å². The summed E-state index contributed by atoms with van der Waals surface area (Å²) in [6, 6.07) is 7.66. The van der Waals surface area contributed by atoms with Crippen LogP contribution in [0.15, 0.2) is 24.3 Å². The van der Waals surface area contributed by atoms with Crippen LogP contribution in [0.1, 0.15) is 31.0 Å². The summed E-state index contributed by atoms with van der Waals surface area (Å²) in [7, 11) is 0. The highest BCUT2D eigenvalue weighted by atomic mass is 16.6. The third-order valence-corrected chi connectivity index (χ3v) is 3.12. The van der Waals surface area contributed by atoms with Crippen LogP contribution in [0.3, 0.4) is 0 Å². The van der Waals surface area contributed by atoms with Crippen LogP contribution in [0, 0.1) is 0 Å². The first-order chi connectivity index (χ1) is 9.18. The van der Waals surface area contributed by atoms with Gasteiger partial charge in [-0.3, -0.25) is 0 Å². The van der Waals surface area contributed by atoms with Crippen LogP contribution >= 0.6 is 0 Å². The number of rotatable bonds is 5. The van der Waals surface area contributed by atoms with Gasteiger partial charge < -0.3 is 14.8 Å². The first-order valence-corrected chi connectivity index (χ1v) is 6.78. The topological polar surface area (TPSA) is 47.6 Å². The van der Waals surface area contributed by atoms with Crippen molar-refractivity contribution in [2.75, 3.05) is 19.8 Å². The van der Waals surface area contributed by atoms with Crippen LogP contribution in [0.2, 0.25) is 0 Å². The van der Waals surface area contributed by atoms with Gasteiger partial charge in [0.2, 0.25) is 0 Å². The third-order valence-electron chi connectivity index (χ3n) is 3.12. The molecular formula is C15H21NO3. The van der Waals surface area contributed by atoms with Crippen LogP contribution in [0.25, 0.3) is 0 Å². The van der Waals surface area contributed by atoms with E-state index in [9.17, 15) is 4.79 Å². The predicted octanol–water partition coefficient (Wildman–Crippen LogP) is 1.84. The van der Waals surface area contributed by atoms with Gasteiger partial charge in [-0.15, -0.1) is 0 Å². The van der Waals surface area contributed by atoms with E-state index in [-0.39, 0.29) is 18.1 Å². The van der Waals surface area contributed by atoms with E-state index in [1.807, 2.05) is 32.0 Å². The van der Waals surface area contributed by atoms with E-state index in [1.165, 1.54) is 5.56 Å².